The third-order valence-electron chi connectivity index (χ3n) is 5.76. The van der Waals surface area contributed by atoms with Gasteiger partial charge in [0.2, 0.25) is 0 Å². The van der Waals surface area contributed by atoms with Crippen molar-refractivity contribution in [3.8, 4) is 11.5 Å². The summed E-state index contributed by atoms with van der Waals surface area (Å²) in [5.74, 6) is 2.32. The summed E-state index contributed by atoms with van der Waals surface area (Å²) >= 11 is 0. The van der Waals surface area contributed by atoms with E-state index in [0.717, 1.165) is 61.8 Å². The van der Waals surface area contributed by atoms with Gasteiger partial charge in [0.1, 0.15) is 0 Å². The van der Waals surface area contributed by atoms with Crippen LogP contribution in [0, 0.1) is 5.92 Å². The summed E-state index contributed by atoms with van der Waals surface area (Å²) in [7, 11) is 0. The molecule has 2 saturated carbocycles. The third kappa shape index (κ3) is 3.55. The van der Waals surface area contributed by atoms with E-state index in [1.54, 1.807) is 0 Å². The highest BCUT2D eigenvalue weighted by atomic mass is 35.5. The summed E-state index contributed by atoms with van der Waals surface area (Å²) in [4.78, 5) is 19.3. The second-order valence-electron chi connectivity index (χ2n) is 7.72. The molecule has 2 aromatic rings. The minimum Gasteiger partial charge on any atom is -0.334 e. The molecule has 2 heterocycles. The van der Waals surface area contributed by atoms with Crippen molar-refractivity contribution in [1.82, 2.24) is 15.0 Å². The Morgan fingerprint density at radius 1 is 1.00 bits per heavy atom. The first-order valence-corrected chi connectivity index (χ1v) is 9.50. The lowest BCUT2D eigenvalue weighted by Crippen LogP contribution is -2.34. The number of carbonyl (C=O) groups excluding carboxylic acids is 1. The number of piperidine rings is 1. The van der Waals surface area contributed by atoms with Gasteiger partial charge in [-0.3, -0.25) is 4.79 Å². The zero-order valence-electron chi connectivity index (χ0n) is 14.8. The maximum atomic E-state index is 12.1. The number of ketones is 1. The van der Waals surface area contributed by atoms with E-state index in [1.165, 1.54) is 12.8 Å². The van der Waals surface area contributed by atoms with Gasteiger partial charge in [-0.2, -0.15) is 4.98 Å². The van der Waals surface area contributed by atoms with Crippen LogP contribution in [-0.2, 0) is 0 Å². The second kappa shape index (κ2) is 7.12. The first-order chi connectivity index (χ1) is 12.3. The molecule has 5 nitrogen and oxygen atoms in total. The Hall–Kier alpha value is -1.72. The first kappa shape index (κ1) is 17.7. The molecule has 6 heteroatoms. The van der Waals surface area contributed by atoms with Crippen LogP contribution in [0.5, 0.6) is 0 Å². The molecular formula is C20H24ClN3O2. The van der Waals surface area contributed by atoms with Crippen LogP contribution in [0.2, 0.25) is 0 Å². The average Bonchev–Trinajstić information content (AvgIpc) is 3.59. The van der Waals surface area contributed by atoms with Crippen molar-refractivity contribution in [2.75, 3.05) is 13.1 Å². The summed E-state index contributed by atoms with van der Waals surface area (Å²) in [6.07, 6.45) is 7.04. The number of rotatable bonds is 5. The van der Waals surface area contributed by atoms with E-state index >= 15 is 0 Å². The van der Waals surface area contributed by atoms with Crippen LogP contribution in [0.25, 0.3) is 11.5 Å². The van der Waals surface area contributed by atoms with Crippen molar-refractivity contribution in [1.29, 1.82) is 0 Å². The van der Waals surface area contributed by atoms with Crippen LogP contribution in [0.3, 0.4) is 0 Å². The topological polar surface area (TPSA) is 59.2 Å². The fourth-order valence-corrected chi connectivity index (χ4v) is 3.84. The van der Waals surface area contributed by atoms with Gasteiger partial charge >= 0.3 is 0 Å². The SMILES string of the molecule is Cl.O=C(c1ccc(-c2nc(C3CCN(C4CC4)CC3)no2)cc1)C1CC1. The minimum atomic E-state index is 0. The summed E-state index contributed by atoms with van der Waals surface area (Å²) < 4.78 is 5.49. The molecule has 0 spiro atoms. The van der Waals surface area contributed by atoms with E-state index in [0.29, 0.717) is 11.8 Å². The molecular weight excluding hydrogens is 350 g/mol. The summed E-state index contributed by atoms with van der Waals surface area (Å²) in [5, 5.41) is 4.23. The highest BCUT2D eigenvalue weighted by Gasteiger charge is 2.33. The Balaban J connectivity index is 0.00000168. The number of hydrogen-bond donors (Lipinski definition) is 0. The largest absolute Gasteiger partial charge is 0.334 e. The second-order valence-corrected chi connectivity index (χ2v) is 7.72. The fraction of sp³-hybridized carbons (Fsp3) is 0.550. The number of benzene rings is 1. The van der Waals surface area contributed by atoms with Crippen LogP contribution in [0.15, 0.2) is 28.8 Å². The molecule has 1 aliphatic heterocycles. The molecule has 0 atom stereocenters. The van der Waals surface area contributed by atoms with Gasteiger partial charge in [-0.1, -0.05) is 17.3 Å². The van der Waals surface area contributed by atoms with Gasteiger partial charge in [0, 0.05) is 29.0 Å². The van der Waals surface area contributed by atoms with E-state index in [-0.39, 0.29) is 24.1 Å². The van der Waals surface area contributed by atoms with Gasteiger partial charge in [0.05, 0.1) is 0 Å². The Bertz CT molecular complexity index is 773. The molecule has 1 aromatic heterocycles. The van der Waals surface area contributed by atoms with Crippen molar-refractivity contribution in [2.45, 2.75) is 50.5 Å². The molecule has 26 heavy (non-hydrogen) atoms. The van der Waals surface area contributed by atoms with Crippen LogP contribution in [0.1, 0.15) is 60.6 Å². The quantitative estimate of drug-likeness (QED) is 0.738. The monoisotopic (exact) mass is 373 g/mol. The van der Waals surface area contributed by atoms with Crippen LogP contribution >= 0.6 is 12.4 Å². The number of halogens is 1. The molecule has 0 bridgehead atoms. The van der Waals surface area contributed by atoms with E-state index in [4.69, 9.17) is 4.52 Å². The van der Waals surface area contributed by atoms with Crippen molar-refractivity contribution in [2.24, 2.45) is 5.92 Å². The van der Waals surface area contributed by atoms with Gasteiger partial charge in [0.15, 0.2) is 11.6 Å². The van der Waals surface area contributed by atoms with E-state index < -0.39 is 0 Å². The lowest BCUT2D eigenvalue weighted by atomic mass is 9.96. The van der Waals surface area contributed by atoms with Gasteiger partial charge in [-0.15, -0.1) is 12.4 Å². The van der Waals surface area contributed by atoms with E-state index in [9.17, 15) is 4.79 Å². The maximum absolute atomic E-state index is 12.1. The summed E-state index contributed by atoms with van der Waals surface area (Å²) in [5.41, 5.74) is 1.68. The highest BCUT2D eigenvalue weighted by molar-refractivity contribution is 5.99. The Morgan fingerprint density at radius 3 is 2.31 bits per heavy atom. The van der Waals surface area contributed by atoms with Crippen molar-refractivity contribution < 1.29 is 9.32 Å². The lowest BCUT2D eigenvalue weighted by molar-refractivity contribution is 0.0967. The van der Waals surface area contributed by atoms with Crippen molar-refractivity contribution >= 4 is 18.2 Å². The number of aromatic nitrogens is 2. The molecule has 0 N–H and O–H groups in total. The van der Waals surface area contributed by atoms with Gasteiger partial charge in [0.25, 0.3) is 5.89 Å². The van der Waals surface area contributed by atoms with Gasteiger partial charge < -0.3 is 9.42 Å². The zero-order chi connectivity index (χ0) is 16.8. The standard InChI is InChI=1S/C20H23N3O2.ClH/c24-18(13-1-2-13)14-3-5-16(6-4-14)20-21-19(22-25-20)15-9-11-23(12-10-15)17-7-8-17;/h3-6,13,15,17H,1-2,7-12H2;1H. The van der Waals surface area contributed by atoms with E-state index in [2.05, 4.69) is 15.0 Å². The average molecular weight is 374 g/mol. The minimum absolute atomic E-state index is 0. The Kier molecular flexibility index (Phi) is 4.84. The van der Waals surface area contributed by atoms with Gasteiger partial charge in [-0.05, 0) is 63.7 Å². The van der Waals surface area contributed by atoms with Crippen molar-refractivity contribution in [3.63, 3.8) is 0 Å². The van der Waals surface area contributed by atoms with Crippen LogP contribution < -0.4 is 0 Å². The molecule has 3 fully saturated rings. The molecule has 138 valence electrons. The fourth-order valence-electron chi connectivity index (χ4n) is 3.84. The van der Waals surface area contributed by atoms with Crippen molar-refractivity contribution in [3.05, 3.63) is 35.7 Å². The molecule has 3 aliphatic rings. The predicted octanol–water partition coefficient (Wildman–Crippen LogP) is 4.09. The number of nitrogens with zero attached hydrogens (tertiary/aromatic N) is 3. The summed E-state index contributed by atoms with van der Waals surface area (Å²) in [6, 6.07) is 8.45. The number of Topliss-reactive ketones (excluding diaryl/α,β-unsaturated/α-hetero) is 1. The molecule has 1 aromatic carbocycles. The summed E-state index contributed by atoms with van der Waals surface area (Å²) in [6.45, 7) is 2.30. The molecule has 2 aliphatic carbocycles. The van der Waals surface area contributed by atoms with E-state index in [1.807, 2.05) is 24.3 Å². The lowest BCUT2D eigenvalue weighted by Gasteiger charge is -2.30. The Morgan fingerprint density at radius 2 is 1.69 bits per heavy atom. The Labute approximate surface area is 159 Å². The molecule has 0 amide bonds. The molecule has 5 rings (SSSR count). The third-order valence-corrected chi connectivity index (χ3v) is 5.76. The van der Waals surface area contributed by atoms with Gasteiger partial charge in [-0.25, -0.2) is 0 Å². The maximum Gasteiger partial charge on any atom is 0.257 e. The molecule has 1 saturated heterocycles. The smallest absolute Gasteiger partial charge is 0.257 e. The molecule has 0 unspecified atom stereocenters. The highest BCUT2D eigenvalue weighted by Crippen LogP contribution is 2.35. The number of likely N-dealkylation sites (tertiary alicyclic amines) is 1. The predicted molar refractivity (Wildman–Crippen MR) is 101 cm³/mol. The zero-order valence-corrected chi connectivity index (χ0v) is 15.6. The number of hydrogen-bond acceptors (Lipinski definition) is 5. The van der Waals surface area contributed by atoms with Crippen LogP contribution in [-0.4, -0.2) is 40.0 Å². The molecule has 0 radical (unpaired) electrons. The number of carbonyl (C=O) groups is 1. The normalized spacial score (nSPS) is 21.4. The first-order valence-electron chi connectivity index (χ1n) is 9.50. The van der Waals surface area contributed by atoms with Crippen LogP contribution in [0.4, 0.5) is 0 Å².